The minimum absolute atomic E-state index is 0.416. The average Bonchev–Trinajstić information content (AvgIpc) is 2.13. The maximum atomic E-state index is 5.30. The van der Waals surface area contributed by atoms with E-state index in [9.17, 15) is 0 Å². The smallest absolute Gasteiger partial charge is 0.119 e. The van der Waals surface area contributed by atoms with E-state index in [-0.39, 0.29) is 0 Å². The van der Waals surface area contributed by atoms with Gasteiger partial charge in [-0.15, -0.1) is 0 Å². The Bertz CT molecular complexity index is 337. The lowest BCUT2D eigenvalue weighted by molar-refractivity contribution is 0.271. The van der Waals surface area contributed by atoms with Crippen LogP contribution in [0.4, 0.5) is 0 Å². The lowest BCUT2D eigenvalue weighted by atomic mass is 9.66. The Morgan fingerprint density at radius 1 is 1.21 bits per heavy atom. The summed E-state index contributed by atoms with van der Waals surface area (Å²) in [5, 5.41) is 0. The van der Waals surface area contributed by atoms with E-state index in [1.807, 2.05) is 0 Å². The molecule has 0 bridgehead atoms. The summed E-state index contributed by atoms with van der Waals surface area (Å²) in [5.41, 5.74) is 3.16. The molecule has 1 fully saturated rings. The van der Waals surface area contributed by atoms with Crippen LogP contribution in [0.5, 0.6) is 5.75 Å². The average molecular weight is 190 g/mol. The van der Waals surface area contributed by atoms with E-state index in [0.29, 0.717) is 5.41 Å². The van der Waals surface area contributed by atoms with Crippen LogP contribution < -0.4 is 4.74 Å². The first-order chi connectivity index (χ1) is 6.64. The normalized spacial score (nSPS) is 18.8. The van der Waals surface area contributed by atoms with Crippen molar-refractivity contribution in [1.29, 1.82) is 0 Å². The van der Waals surface area contributed by atoms with Gasteiger partial charge in [-0.3, -0.25) is 0 Å². The fourth-order valence-corrected chi connectivity index (χ4v) is 2.21. The van der Waals surface area contributed by atoms with E-state index in [0.717, 1.165) is 5.75 Å². The van der Waals surface area contributed by atoms with Gasteiger partial charge in [0.25, 0.3) is 0 Å². The van der Waals surface area contributed by atoms with Crippen LogP contribution in [0.15, 0.2) is 18.2 Å². The van der Waals surface area contributed by atoms with Crippen molar-refractivity contribution in [2.45, 2.75) is 38.5 Å². The highest BCUT2D eigenvalue weighted by Crippen LogP contribution is 2.44. The lowest BCUT2D eigenvalue weighted by Crippen LogP contribution is -2.30. The highest BCUT2D eigenvalue weighted by atomic mass is 16.5. The Morgan fingerprint density at radius 3 is 2.43 bits per heavy atom. The van der Waals surface area contributed by atoms with Gasteiger partial charge in [0.05, 0.1) is 7.11 Å². The SMILES string of the molecule is COc1cc(C)cc(C2(C)CCC2)c1. The summed E-state index contributed by atoms with van der Waals surface area (Å²) in [6.07, 6.45) is 4.01. The number of aryl methyl sites for hydroxylation is 1. The minimum atomic E-state index is 0.416. The molecule has 76 valence electrons. The second-order valence-corrected chi connectivity index (χ2v) is 4.65. The molecule has 0 aromatic heterocycles. The third-order valence-electron chi connectivity index (χ3n) is 3.44. The zero-order chi connectivity index (χ0) is 10.2. The molecule has 0 spiro atoms. The summed E-state index contributed by atoms with van der Waals surface area (Å²) in [6.45, 7) is 4.48. The summed E-state index contributed by atoms with van der Waals surface area (Å²) >= 11 is 0. The number of hydrogen-bond acceptors (Lipinski definition) is 1. The summed E-state index contributed by atoms with van der Waals surface area (Å²) in [7, 11) is 1.74. The van der Waals surface area contributed by atoms with E-state index in [4.69, 9.17) is 4.74 Å². The number of benzene rings is 1. The molecule has 0 aliphatic heterocycles. The highest BCUT2D eigenvalue weighted by Gasteiger charge is 2.33. The summed E-state index contributed by atoms with van der Waals surface area (Å²) < 4.78 is 5.30. The van der Waals surface area contributed by atoms with Crippen molar-refractivity contribution >= 4 is 0 Å². The Kier molecular flexibility index (Phi) is 2.26. The molecule has 1 nitrogen and oxygen atoms in total. The van der Waals surface area contributed by atoms with Crippen LogP contribution in [0, 0.1) is 6.92 Å². The highest BCUT2D eigenvalue weighted by molar-refractivity contribution is 5.38. The molecule has 14 heavy (non-hydrogen) atoms. The largest absolute Gasteiger partial charge is 0.497 e. The van der Waals surface area contributed by atoms with Crippen molar-refractivity contribution in [2.75, 3.05) is 7.11 Å². The molecule has 1 aromatic rings. The minimum Gasteiger partial charge on any atom is -0.497 e. The molecule has 1 heteroatoms. The van der Waals surface area contributed by atoms with Gasteiger partial charge in [-0.05, 0) is 48.4 Å². The second-order valence-electron chi connectivity index (χ2n) is 4.65. The summed E-state index contributed by atoms with van der Waals surface area (Å²) in [4.78, 5) is 0. The van der Waals surface area contributed by atoms with Crippen LogP contribution in [-0.2, 0) is 5.41 Å². The fourth-order valence-electron chi connectivity index (χ4n) is 2.21. The maximum absolute atomic E-state index is 5.30. The van der Waals surface area contributed by atoms with Gasteiger partial charge < -0.3 is 4.74 Å². The molecule has 0 N–H and O–H groups in total. The summed E-state index contributed by atoms with van der Waals surface area (Å²) in [5.74, 6) is 0.994. The van der Waals surface area contributed by atoms with Crippen LogP contribution >= 0.6 is 0 Å². The number of hydrogen-bond donors (Lipinski definition) is 0. The predicted molar refractivity (Wildman–Crippen MR) is 58.9 cm³/mol. The predicted octanol–water partition coefficient (Wildman–Crippen LogP) is 3.45. The van der Waals surface area contributed by atoms with E-state index < -0.39 is 0 Å². The molecule has 2 rings (SSSR count). The van der Waals surface area contributed by atoms with Crippen molar-refractivity contribution in [3.05, 3.63) is 29.3 Å². The Hall–Kier alpha value is -0.980. The van der Waals surface area contributed by atoms with Crippen LogP contribution in [0.2, 0.25) is 0 Å². The van der Waals surface area contributed by atoms with Crippen molar-refractivity contribution in [1.82, 2.24) is 0 Å². The molecule has 0 unspecified atom stereocenters. The second kappa shape index (κ2) is 3.30. The molecule has 0 radical (unpaired) electrons. The fraction of sp³-hybridized carbons (Fsp3) is 0.538. The number of rotatable bonds is 2. The van der Waals surface area contributed by atoms with Gasteiger partial charge >= 0.3 is 0 Å². The van der Waals surface area contributed by atoms with Crippen LogP contribution in [0.1, 0.15) is 37.3 Å². The third-order valence-corrected chi connectivity index (χ3v) is 3.44. The molecular formula is C13H18O. The first kappa shape index (κ1) is 9.57. The molecule has 1 saturated carbocycles. The molecule has 1 aliphatic carbocycles. The van der Waals surface area contributed by atoms with Gasteiger partial charge in [-0.2, -0.15) is 0 Å². The first-order valence-corrected chi connectivity index (χ1v) is 5.30. The maximum Gasteiger partial charge on any atom is 0.119 e. The molecule has 0 heterocycles. The van der Waals surface area contributed by atoms with Crippen molar-refractivity contribution in [3.8, 4) is 5.75 Å². The molecule has 0 atom stereocenters. The van der Waals surface area contributed by atoms with Crippen LogP contribution in [0.25, 0.3) is 0 Å². The van der Waals surface area contributed by atoms with E-state index in [1.165, 1.54) is 30.4 Å². The van der Waals surface area contributed by atoms with E-state index in [2.05, 4.69) is 32.0 Å². The Morgan fingerprint density at radius 2 is 1.93 bits per heavy atom. The van der Waals surface area contributed by atoms with Gasteiger partial charge in [0.2, 0.25) is 0 Å². The van der Waals surface area contributed by atoms with Gasteiger partial charge in [-0.1, -0.05) is 19.4 Å². The topological polar surface area (TPSA) is 9.23 Å². The molecule has 0 amide bonds. The van der Waals surface area contributed by atoms with Gasteiger partial charge in [-0.25, -0.2) is 0 Å². The molecular weight excluding hydrogens is 172 g/mol. The Balaban J connectivity index is 2.37. The quantitative estimate of drug-likeness (QED) is 0.694. The van der Waals surface area contributed by atoms with Crippen molar-refractivity contribution < 1.29 is 4.74 Å². The Labute approximate surface area is 86.1 Å². The van der Waals surface area contributed by atoms with Crippen molar-refractivity contribution in [3.63, 3.8) is 0 Å². The van der Waals surface area contributed by atoms with E-state index >= 15 is 0 Å². The number of ether oxygens (including phenoxy) is 1. The zero-order valence-corrected chi connectivity index (χ0v) is 9.26. The third kappa shape index (κ3) is 1.52. The molecule has 1 aliphatic rings. The van der Waals surface area contributed by atoms with Crippen molar-refractivity contribution in [2.24, 2.45) is 0 Å². The number of methoxy groups -OCH3 is 1. The van der Waals surface area contributed by atoms with E-state index in [1.54, 1.807) is 7.11 Å². The first-order valence-electron chi connectivity index (χ1n) is 5.30. The standard InChI is InChI=1S/C13H18O/c1-10-7-11(9-12(8-10)14-3)13(2)5-4-6-13/h7-9H,4-6H2,1-3H3. The zero-order valence-electron chi connectivity index (χ0n) is 9.26. The van der Waals surface area contributed by atoms with Gasteiger partial charge in [0.15, 0.2) is 0 Å². The van der Waals surface area contributed by atoms with Crippen LogP contribution in [0.3, 0.4) is 0 Å². The van der Waals surface area contributed by atoms with Gasteiger partial charge in [0.1, 0.15) is 5.75 Å². The van der Waals surface area contributed by atoms with Gasteiger partial charge in [0, 0.05) is 0 Å². The lowest BCUT2D eigenvalue weighted by Gasteiger charge is -2.39. The summed E-state index contributed by atoms with van der Waals surface area (Å²) in [6, 6.07) is 6.57. The van der Waals surface area contributed by atoms with Crippen LogP contribution in [-0.4, -0.2) is 7.11 Å². The molecule has 0 saturated heterocycles. The molecule has 1 aromatic carbocycles. The monoisotopic (exact) mass is 190 g/mol.